The largest absolute Gasteiger partial charge is 0.378 e. The molecule has 1 rings (SSSR count). The fourth-order valence-electron chi connectivity index (χ4n) is 2.62. The molecule has 2 unspecified atom stereocenters. The van der Waals surface area contributed by atoms with E-state index in [0.717, 1.165) is 25.9 Å². The second kappa shape index (κ2) is 8.08. The predicted octanol–water partition coefficient (Wildman–Crippen LogP) is 2.07. The third kappa shape index (κ3) is 4.33. The highest BCUT2D eigenvalue weighted by Gasteiger charge is 2.51. The Balaban J connectivity index is 0.00000324. The van der Waals surface area contributed by atoms with Crippen molar-refractivity contribution in [1.82, 2.24) is 10.2 Å². The zero-order valence-electron chi connectivity index (χ0n) is 12.9. The van der Waals surface area contributed by atoms with Crippen molar-refractivity contribution >= 4 is 18.3 Å². The van der Waals surface area contributed by atoms with Crippen LogP contribution in [-0.2, 0) is 9.53 Å². The highest BCUT2D eigenvalue weighted by molar-refractivity contribution is 5.85. The second-order valence-corrected chi connectivity index (χ2v) is 5.82. The highest BCUT2D eigenvalue weighted by atomic mass is 35.5. The number of rotatable bonds is 7. The number of hydrogen-bond donors (Lipinski definition) is 1. The summed E-state index contributed by atoms with van der Waals surface area (Å²) in [6, 6.07) is 0.296. The number of carbonyl (C=O) groups is 1. The van der Waals surface area contributed by atoms with E-state index in [1.165, 1.54) is 0 Å². The van der Waals surface area contributed by atoms with Gasteiger partial charge in [0.15, 0.2) is 0 Å². The lowest BCUT2D eigenvalue weighted by atomic mass is 9.64. The Hall–Kier alpha value is -0.320. The van der Waals surface area contributed by atoms with Crippen LogP contribution in [0, 0.1) is 5.41 Å². The molecule has 0 aromatic carbocycles. The summed E-state index contributed by atoms with van der Waals surface area (Å²) in [5.41, 5.74) is 0.0614. The van der Waals surface area contributed by atoms with Crippen molar-refractivity contribution in [3.05, 3.63) is 0 Å². The van der Waals surface area contributed by atoms with E-state index in [-0.39, 0.29) is 23.7 Å². The van der Waals surface area contributed by atoms with Crippen LogP contribution in [0.1, 0.15) is 40.0 Å². The molecule has 0 spiro atoms. The van der Waals surface area contributed by atoms with E-state index in [2.05, 4.69) is 26.1 Å². The summed E-state index contributed by atoms with van der Waals surface area (Å²) in [7, 11) is 3.70. The van der Waals surface area contributed by atoms with Crippen LogP contribution in [0.4, 0.5) is 0 Å². The van der Waals surface area contributed by atoms with Crippen LogP contribution in [0.3, 0.4) is 0 Å². The monoisotopic (exact) mass is 292 g/mol. The summed E-state index contributed by atoms with van der Waals surface area (Å²) >= 11 is 0. The molecule has 1 fully saturated rings. The van der Waals surface area contributed by atoms with Gasteiger partial charge in [-0.05, 0) is 19.9 Å². The van der Waals surface area contributed by atoms with E-state index in [4.69, 9.17) is 4.74 Å². The average molecular weight is 293 g/mol. The normalized spacial score (nSPS) is 24.3. The van der Waals surface area contributed by atoms with E-state index >= 15 is 0 Å². The molecule has 5 heteroatoms. The van der Waals surface area contributed by atoms with Gasteiger partial charge in [-0.15, -0.1) is 12.4 Å². The van der Waals surface area contributed by atoms with Crippen LogP contribution < -0.4 is 5.32 Å². The van der Waals surface area contributed by atoms with Gasteiger partial charge >= 0.3 is 0 Å². The van der Waals surface area contributed by atoms with Crippen LogP contribution in [0.5, 0.6) is 0 Å². The van der Waals surface area contributed by atoms with Gasteiger partial charge in [0.1, 0.15) is 0 Å². The maximum atomic E-state index is 11.9. The first-order chi connectivity index (χ1) is 8.45. The first kappa shape index (κ1) is 18.7. The number of nitrogens with one attached hydrogen (secondary N) is 1. The first-order valence-electron chi connectivity index (χ1n) is 6.97. The zero-order chi connectivity index (χ0) is 13.8. The zero-order valence-corrected chi connectivity index (χ0v) is 13.7. The molecule has 1 amide bonds. The van der Waals surface area contributed by atoms with E-state index < -0.39 is 0 Å². The van der Waals surface area contributed by atoms with Gasteiger partial charge in [0.25, 0.3) is 0 Å². The standard InChI is InChI=1S/C14H28N2O2.ClH/c1-6-7-8-18-12-9-11(14(12,2)3)16(5)13(17)10-15-4;/h11-12,15H,6-10H2,1-5H3;1H. The summed E-state index contributed by atoms with van der Waals surface area (Å²) in [6.45, 7) is 7.81. The summed E-state index contributed by atoms with van der Waals surface area (Å²) in [5, 5.41) is 2.91. The molecule has 0 aliphatic heterocycles. The lowest BCUT2D eigenvalue weighted by Gasteiger charge is -2.55. The smallest absolute Gasteiger partial charge is 0.236 e. The first-order valence-corrected chi connectivity index (χ1v) is 6.97. The van der Waals surface area contributed by atoms with Gasteiger partial charge in [0, 0.05) is 25.1 Å². The van der Waals surface area contributed by atoms with E-state index in [1.807, 2.05) is 11.9 Å². The minimum absolute atomic E-state index is 0. The Morgan fingerprint density at radius 3 is 2.58 bits per heavy atom. The molecule has 0 saturated heterocycles. The molecule has 1 saturated carbocycles. The maximum absolute atomic E-state index is 11.9. The molecule has 1 aliphatic carbocycles. The van der Waals surface area contributed by atoms with Crippen molar-refractivity contribution in [2.75, 3.05) is 27.2 Å². The fraction of sp³-hybridized carbons (Fsp3) is 0.929. The highest BCUT2D eigenvalue weighted by Crippen LogP contribution is 2.45. The van der Waals surface area contributed by atoms with Gasteiger partial charge in [-0.3, -0.25) is 4.79 Å². The van der Waals surface area contributed by atoms with Crippen LogP contribution in [0.25, 0.3) is 0 Å². The molecule has 1 aliphatic rings. The number of amides is 1. The van der Waals surface area contributed by atoms with Gasteiger partial charge < -0.3 is 15.0 Å². The molecule has 0 aromatic rings. The molecular formula is C14H29ClN2O2. The van der Waals surface area contributed by atoms with Gasteiger partial charge in [0.05, 0.1) is 12.6 Å². The molecule has 0 heterocycles. The topological polar surface area (TPSA) is 41.6 Å². The number of halogens is 1. The molecular weight excluding hydrogens is 264 g/mol. The molecule has 19 heavy (non-hydrogen) atoms. The minimum atomic E-state index is 0. The van der Waals surface area contributed by atoms with Gasteiger partial charge in [0.2, 0.25) is 5.91 Å². The van der Waals surface area contributed by atoms with Gasteiger partial charge in [-0.2, -0.15) is 0 Å². The van der Waals surface area contributed by atoms with E-state index in [1.54, 1.807) is 7.05 Å². The molecule has 0 bridgehead atoms. The average Bonchev–Trinajstić information content (AvgIpc) is 2.32. The van der Waals surface area contributed by atoms with Crippen molar-refractivity contribution in [2.24, 2.45) is 5.41 Å². The van der Waals surface area contributed by atoms with Crippen molar-refractivity contribution in [1.29, 1.82) is 0 Å². The van der Waals surface area contributed by atoms with Gasteiger partial charge in [-0.1, -0.05) is 27.2 Å². The quantitative estimate of drug-likeness (QED) is 0.731. The van der Waals surface area contributed by atoms with Crippen molar-refractivity contribution in [3.8, 4) is 0 Å². The van der Waals surface area contributed by atoms with Crippen molar-refractivity contribution in [2.45, 2.75) is 52.2 Å². The predicted molar refractivity (Wildman–Crippen MR) is 80.8 cm³/mol. The van der Waals surface area contributed by atoms with E-state index in [9.17, 15) is 4.79 Å². The second-order valence-electron chi connectivity index (χ2n) is 5.82. The molecule has 0 aromatic heterocycles. The number of ether oxygens (including phenoxy) is 1. The SMILES string of the molecule is CCCCOC1CC(N(C)C(=O)CNC)C1(C)C.Cl. The number of nitrogens with zero attached hydrogens (tertiary/aromatic N) is 1. The maximum Gasteiger partial charge on any atom is 0.236 e. The van der Waals surface area contributed by atoms with E-state index in [0.29, 0.717) is 18.7 Å². The number of carbonyl (C=O) groups excluding carboxylic acids is 1. The third-order valence-electron chi connectivity index (χ3n) is 4.13. The number of likely N-dealkylation sites (N-methyl/N-ethyl adjacent to an activating group) is 2. The Kier molecular flexibility index (Phi) is 7.94. The minimum Gasteiger partial charge on any atom is -0.378 e. The summed E-state index contributed by atoms with van der Waals surface area (Å²) in [6.07, 6.45) is 3.53. The van der Waals surface area contributed by atoms with Gasteiger partial charge in [-0.25, -0.2) is 0 Å². The molecule has 114 valence electrons. The number of hydrogen-bond acceptors (Lipinski definition) is 3. The fourth-order valence-corrected chi connectivity index (χ4v) is 2.62. The Morgan fingerprint density at radius 1 is 1.47 bits per heavy atom. The lowest BCUT2D eigenvalue weighted by Crippen LogP contribution is -2.63. The Bertz CT molecular complexity index is 285. The molecule has 1 N–H and O–H groups in total. The van der Waals surface area contributed by atoms with Crippen molar-refractivity contribution < 1.29 is 9.53 Å². The lowest BCUT2D eigenvalue weighted by molar-refractivity contribution is -0.164. The third-order valence-corrected chi connectivity index (χ3v) is 4.13. The van der Waals surface area contributed by atoms with Crippen LogP contribution in [-0.4, -0.2) is 50.2 Å². The van der Waals surface area contributed by atoms with Crippen LogP contribution >= 0.6 is 12.4 Å². The molecule has 2 atom stereocenters. The Morgan fingerprint density at radius 2 is 2.11 bits per heavy atom. The molecule has 4 nitrogen and oxygen atoms in total. The summed E-state index contributed by atoms with van der Waals surface area (Å²) in [5.74, 6) is 0.155. The summed E-state index contributed by atoms with van der Waals surface area (Å²) < 4.78 is 5.90. The Labute approximate surface area is 123 Å². The van der Waals surface area contributed by atoms with Crippen LogP contribution in [0.2, 0.25) is 0 Å². The molecule has 0 radical (unpaired) electrons. The number of unbranched alkanes of at least 4 members (excludes halogenated alkanes) is 1. The summed E-state index contributed by atoms with van der Waals surface area (Å²) in [4.78, 5) is 13.7. The van der Waals surface area contributed by atoms with Crippen LogP contribution in [0.15, 0.2) is 0 Å². The van der Waals surface area contributed by atoms with Crippen molar-refractivity contribution in [3.63, 3.8) is 0 Å².